The van der Waals surface area contributed by atoms with Gasteiger partial charge in [0.25, 0.3) is 0 Å². The Morgan fingerprint density at radius 3 is 2.83 bits per heavy atom. The van der Waals surface area contributed by atoms with Gasteiger partial charge in [0.15, 0.2) is 0 Å². The van der Waals surface area contributed by atoms with Crippen molar-refractivity contribution in [3.8, 4) is 0 Å². The van der Waals surface area contributed by atoms with Crippen LogP contribution in [0.15, 0.2) is 6.07 Å². The molecule has 0 radical (unpaired) electrons. The van der Waals surface area contributed by atoms with Crippen LogP contribution in [0.25, 0.3) is 0 Å². The first-order valence-corrected chi connectivity index (χ1v) is 6.63. The van der Waals surface area contributed by atoms with Gasteiger partial charge in [0.05, 0.1) is 12.6 Å². The highest BCUT2D eigenvalue weighted by Crippen LogP contribution is 2.31. The Morgan fingerprint density at radius 1 is 1.50 bits per heavy atom. The van der Waals surface area contributed by atoms with Crippen molar-refractivity contribution in [2.24, 2.45) is 11.7 Å². The van der Waals surface area contributed by atoms with Gasteiger partial charge in [-0.05, 0) is 37.8 Å². The van der Waals surface area contributed by atoms with Crippen LogP contribution in [0.5, 0.6) is 0 Å². The number of nitrogens with zero attached hydrogens (tertiary/aromatic N) is 2. The van der Waals surface area contributed by atoms with Crippen LogP contribution in [0.2, 0.25) is 0 Å². The third kappa shape index (κ3) is 2.22. The van der Waals surface area contributed by atoms with E-state index >= 15 is 0 Å². The van der Waals surface area contributed by atoms with E-state index in [2.05, 4.69) is 29.8 Å². The molecule has 1 aliphatic rings. The summed E-state index contributed by atoms with van der Waals surface area (Å²) in [5.41, 5.74) is 9.17. The van der Waals surface area contributed by atoms with E-state index in [0.29, 0.717) is 12.5 Å². The molecule has 0 saturated carbocycles. The summed E-state index contributed by atoms with van der Waals surface area (Å²) in [5.74, 6) is 1.47. The second-order valence-electron chi connectivity index (χ2n) is 5.30. The molecule has 2 rings (SSSR count). The average Bonchev–Trinajstić information content (AvgIpc) is 2.69. The van der Waals surface area contributed by atoms with Crippen LogP contribution in [0.4, 0.5) is 5.82 Å². The van der Waals surface area contributed by atoms with E-state index in [-0.39, 0.29) is 12.6 Å². The largest absolute Gasteiger partial charge is 0.394 e. The molecule has 100 valence electrons. The zero-order valence-corrected chi connectivity index (χ0v) is 11.5. The summed E-state index contributed by atoms with van der Waals surface area (Å²) in [4.78, 5) is 6.88. The Kier molecular flexibility index (Phi) is 3.88. The summed E-state index contributed by atoms with van der Waals surface area (Å²) in [6, 6.07) is 2.24. The first-order valence-electron chi connectivity index (χ1n) is 6.63. The molecule has 1 aliphatic heterocycles. The van der Waals surface area contributed by atoms with Crippen LogP contribution in [0.1, 0.15) is 30.2 Å². The maximum Gasteiger partial charge on any atom is 0.133 e. The fraction of sp³-hybridized carbons (Fsp3) is 0.643. The molecular formula is C14H23N3O. The zero-order valence-electron chi connectivity index (χ0n) is 11.5. The van der Waals surface area contributed by atoms with E-state index in [1.165, 1.54) is 5.56 Å². The van der Waals surface area contributed by atoms with Crippen LogP contribution >= 0.6 is 0 Å². The molecule has 1 aromatic rings. The first-order chi connectivity index (χ1) is 8.58. The number of anilines is 1. The highest BCUT2D eigenvalue weighted by Gasteiger charge is 2.32. The monoisotopic (exact) mass is 249 g/mol. The summed E-state index contributed by atoms with van der Waals surface area (Å²) < 4.78 is 0. The number of aryl methyl sites for hydroxylation is 2. The molecule has 0 aliphatic carbocycles. The number of aliphatic hydroxyl groups is 1. The maximum atomic E-state index is 9.57. The minimum atomic E-state index is 0.170. The third-order valence-corrected chi connectivity index (χ3v) is 4.00. The first kappa shape index (κ1) is 13.3. The van der Waals surface area contributed by atoms with Gasteiger partial charge in [-0.2, -0.15) is 0 Å². The van der Waals surface area contributed by atoms with Gasteiger partial charge in [0, 0.05) is 24.3 Å². The topological polar surface area (TPSA) is 62.4 Å². The SMILES string of the molecule is Cc1cc(C)c(CN)c(N2CCC(C)C2CO)n1. The zero-order chi connectivity index (χ0) is 13.3. The van der Waals surface area contributed by atoms with Crippen molar-refractivity contribution in [1.82, 2.24) is 4.98 Å². The van der Waals surface area contributed by atoms with Gasteiger partial charge in [-0.1, -0.05) is 6.92 Å². The Hall–Kier alpha value is -1.13. The molecule has 4 nitrogen and oxygen atoms in total. The molecule has 2 atom stereocenters. The van der Waals surface area contributed by atoms with Crippen molar-refractivity contribution in [1.29, 1.82) is 0 Å². The average molecular weight is 249 g/mol. The molecule has 3 N–H and O–H groups in total. The lowest BCUT2D eigenvalue weighted by molar-refractivity contribution is 0.244. The second-order valence-corrected chi connectivity index (χ2v) is 5.30. The number of pyridine rings is 1. The van der Waals surface area contributed by atoms with Gasteiger partial charge in [-0.25, -0.2) is 4.98 Å². The molecule has 2 unspecified atom stereocenters. The van der Waals surface area contributed by atoms with Gasteiger partial charge >= 0.3 is 0 Å². The Bertz CT molecular complexity index is 433. The predicted octanol–water partition coefficient (Wildman–Crippen LogP) is 1.36. The molecule has 0 bridgehead atoms. The van der Waals surface area contributed by atoms with Crippen molar-refractivity contribution < 1.29 is 5.11 Å². The molecule has 4 heteroatoms. The van der Waals surface area contributed by atoms with Gasteiger partial charge in [0.1, 0.15) is 5.82 Å². The molecule has 18 heavy (non-hydrogen) atoms. The summed E-state index contributed by atoms with van der Waals surface area (Å²) in [6.07, 6.45) is 1.10. The lowest BCUT2D eigenvalue weighted by Gasteiger charge is -2.29. The number of hydrogen-bond donors (Lipinski definition) is 2. The van der Waals surface area contributed by atoms with Gasteiger partial charge in [-0.3, -0.25) is 0 Å². The Labute approximate surface area is 109 Å². The Balaban J connectivity index is 2.44. The molecule has 0 spiro atoms. The normalized spacial score (nSPS) is 23.7. The van der Waals surface area contributed by atoms with Crippen molar-refractivity contribution in [3.63, 3.8) is 0 Å². The van der Waals surface area contributed by atoms with E-state index in [9.17, 15) is 5.11 Å². The molecule has 1 fully saturated rings. The van der Waals surface area contributed by atoms with Crippen molar-refractivity contribution in [2.75, 3.05) is 18.1 Å². The van der Waals surface area contributed by atoms with Crippen LogP contribution in [0, 0.1) is 19.8 Å². The van der Waals surface area contributed by atoms with E-state index in [0.717, 1.165) is 30.0 Å². The van der Waals surface area contributed by atoms with Crippen LogP contribution in [-0.2, 0) is 6.54 Å². The van der Waals surface area contributed by atoms with Gasteiger partial charge in [0.2, 0.25) is 0 Å². The van der Waals surface area contributed by atoms with E-state index in [1.807, 2.05) is 6.92 Å². The molecule has 1 saturated heterocycles. The van der Waals surface area contributed by atoms with Crippen LogP contribution in [-0.4, -0.2) is 29.3 Å². The Morgan fingerprint density at radius 2 is 2.22 bits per heavy atom. The van der Waals surface area contributed by atoms with Gasteiger partial charge in [-0.15, -0.1) is 0 Å². The molecule has 0 aromatic carbocycles. The molecule has 0 amide bonds. The van der Waals surface area contributed by atoms with Crippen LogP contribution < -0.4 is 10.6 Å². The summed E-state index contributed by atoms with van der Waals surface area (Å²) in [6.45, 7) is 7.90. The maximum absolute atomic E-state index is 9.57. The lowest BCUT2D eigenvalue weighted by Crippen LogP contribution is -2.36. The van der Waals surface area contributed by atoms with E-state index in [1.54, 1.807) is 0 Å². The minimum Gasteiger partial charge on any atom is -0.394 e. The molecule has 2 heterocycles. The number of aliphatic hydroxyl groups excluding tert-OH is 1. The quantitative estimate of drug-likeness (QED) is 0.849. The number of rotatable bonds is 3. The molecule has 1 aromatic heterocycles. The van der Waals surface area contributed by atoms with Gasteiger partial charge < -0.3 is 15.7 Å². The standard InChI is InChI=1S/C14H23N3O/c1-9-4-5-17(13(9)8-18)14-12(7-15)10(2)6-11(3)16-14/h6,9,13,18H,4-5,7-8,15H2,1-3H3. The van der Waals surface area contributed by atoms with Crippen molar-refractivity contribution >= 4 is 5.82 Å². The number of nitrogens with two attached hydrogens (primary N) is 1. The van der Waals surface area contributed by atoms with E-state index in [4.69, 9.17) is 5.73 Å². The van der Waals surface area contributed by atoms with Crippen LogP contribution in [0.3, 0.4) is 0 Å². The third-order valence-electron chi connectivity index (χ3n) is 4.00. The summed E-state index contributed by atoms with van der Waals surface area (Å²) >= 11 is 0. The highest BCUT2D eigenvalue weighted by molar-refractivity contribution is 5.53. The van der Waals surface area contributed by atoms with Crippen molar-refractivity contribution in [3.05, 3.63) is 22.9 Å². The fourth-order valence-electron chi connectivity index (χ4n) is 2.88. The summed E-state index contributed by atoms with van der Waals surface area (Å²) in [5, 5.41) is 9.57. The van der Waals surface area contributed by atoms with E-state index < -0.39 is 0 Å². The fourth-order valence-corrected chi connectivity index (χ4v) is 2.88. The second kappa shape index (κ2) is 5.24. The lowest BCUT2D eigenvalue weighted by atomic mass is 10.0. The molecular weight excluding hydrogens is 226 g/mol. The summed E-state index contributed by atoms with van der Waals surface area (Å²) in [7, 11) is 0. The minimum absolute atomic E-state index is 0.170. The number of hydrogen-bond acceptors (Lipinski definition) is 4. The van der Waals surface area contributed by atoms with Crippen molar-refractivity contribution in [2.45, 2.75) is 39.8 Å². The highest BCUT2D eigenvalue weighted by atomic mass is 16.3. The number of aromatic nitrogens is 1. The predicted molar refractivity (Wildman–Crippen MR) is 73.6 cm³/mol. The smallest absolute Gasteiger partial charge is 0.133 e.